The third kappa shape index (κ3) is 4.83. The molecule has 26 heavy (non-hydrogen) atoms. The van der Waals surface area contributed by atoms with Crippen molar-refractivity contribution in [2.45, 2.75) is 61.4 Å². The predicted octanol–water partition coefficient (Wildman–Crippen LogP) is -6.26. The summed E-state index contributed by atoms with van der Waals surface area (Å²) >= 11 is 0. The average Bonchev–Trinajstić information content (AvgIpc) is 2.57. The summed E-state index contributed by atoms with van der Waals surface area (Å²) in [6.07, 6.45) is -17.4. The van der Waals surface area contributed by atoms with Crippen LogP contribution in [0.3, 0.4) is 0 Å². The summed E-state index contributed by atoms with van der Waals surface area (Å²) in [6, 6.07) is 0. The van der Waals surface area contributed by atoms with Gasteiger partial charge in [0, 0.05) is 0 Å². The van der Waals surface area contributed by atoms with Gasteiger partial charge in [0.25, 0.3) is 0 Å². The molecule has 0 bridgehead atoms. The van der Waals surface area contributed by atoms with E-state index in [0.717, 1.165) is 0 Å². The van der Waals surface area contributed by atoms with Crippen molar-refractivity contribution in [1.29, 1.82) is 0 Å². The molecule has 152 valence electrons. The second-order valence-electron chi connectivity index (χ2n) is 5.51. The molecule has 2 fully saturated rings. The molecular formula is C12H20O14. The van der Waals surface area contributed by atoms with Gasteiger partial charge in [0.05, 0.1) is 0 Å². The molecule has 2 saturated heterocycles. The van der Waals surface area contributed by atoms with Gasteiger partial charge in [0.2, 0.25) is 0 Å². The number of rotatable bonds is 2. The molecule has 2 aliphatic rings. The quantitative estimate of drug-likeness (QED) is 0.211. The molecule has 0 saturated carbocycles. The van der Waals surface area contributed by atoms with Crippen LogP contribution < -0.4 is 0 Å². The number of aliphatic hydroxyl groups excluding tert-OH is 8. The Bertz CT molecular complexity index is 454. The molecule has 0 aromatic heterocycles. The fraction of sp³-hybridized carbons (Fsp3) is 0.833. The van der Waals surface area contributed by atoms with Crippen molar-refractivity contribution in [2.75, 3.05) is 0 Å². The monoisotopic (exact) mass is 388 g/mol. The average molecular weight is 388 g/mol. The van der Waals surface area contributed by atoms with E-state index in [2.05, 4.69) is 9.47 Å². The Morgan fingerprint density at radius 2 is 0.769 bits per heavy atom. The fourth-order valence-electron chi connectivity index (χ4n) is 2.13. The zero-order chi connectivity index (χ0) is 20.3. The molecule has 2 heterocycles. The summed E-state index contributed by atoms with van der Waals surface area (Å²) in [5, 5.41) is 88.7. The van der Waals surface area contributed by atoms with Crippen LogP contribution in [0.15, 0.2) is 0 Å². The lowest BCUT2D eigenvalue weighted by Gasteiger charge is -2.36. The minimum Gasteiger partial charge on any atom is -0.479 e. The summed E-state index contributed by atoms with van der Waals surface area (Å²) in [4.78, 5) is 20.7. The molecule has 0 aromatic rings. The van der Waals surface area contributed by atoms with Gasteiger partial charge in [-0.25, -0.2) is 9.59 Å². The molecular weight excluding hydrogens is 368 g/mol. The Morgan fingerprint density at radius 1 is 0.500 bits per heavy atom. The number of aliphatic carboxylic acids is 2. The molecule has 0 aliphatic carbocycles. The zero-order valence-electron chi connectivity index (χ0n) is 12.9. The molecule has 14 heteroatoms. The van der Waals surface area contributed by atoms with E-state index in [1.807, 2.05) is 0 Å². The SMILES string of the molecule is O=C(O)C1O[C@@H](O)C(O)[C@H](O)[C@@H]1O.O=C(O)C1O[C@@H](O)C(O)[C@H](O)[C@@H]1O. The number of ether oxygens (including phenoxy) is 2. The van der Waals surface area contributed by atoms with Gasteiger partial charge in [-0.1, -0.05) is 0 Å². The maximum absolute atomic E-state index is 10.4. The third-order valence-electron chi connectivity index (χ3n) is 3.66. The zero-order valence-corrected chi connectivity index (χ0v) is 12.9. The van der Waals surface area contributed by atoms with Crippen LogP contribution in [-0.4, -0.2) is 124 Å². The van der Waals surface area contributed by atoms with Crippen LogP contribution in [0.25, 0.3) is 0 Å². The van der Waals surface area contributed by atoms with E-state index in [0.29, 0.717) is 0 Å². The molecule has 2 rings (SSSR count). The molecule has 10 atom stereocenters. The Morgan fingerprint density at radius 3 is 1.00 bits per heavy atom. The lowest BCUT2D eigenvalue weighted by Crippen LogP contribution is -2.59. The van der Waals surface area contributed by atoms with Crippen LogP contribution in [0.2, 0.25) is 0 Å². The van der Waals surface area contributed by atoms with E-state index in [1.165, 1.54) is 0 Å². The number of carboxylic acids is 2. The van der Waals surface area contributed by atoms with Crippen LogP contribution in [0.4, 0.5) is 0 Å². The molecule has 14 nitrogen and oxygen atoms in total. The highest BCUT2D eigenvalue weighted by Crippen LogP contribution is 2.20. The Balaban J connectivity index is 0.000000260. The minimum absolute atomic E-state index is 1.52. The number of hydrogen-bond donors (Lipinski definition) is 10. The highest BCUT2D eigenvalue weighted by atomic mass is 16.7. The minimum atomic E-state index is -1.81. The van der Waals surface area contributed by atoms with E-state index >= 15 is 0 Å². The van der Waals surface area contributed by atoms with Crippen molar-refractivity contribution in [3.63, 3.8) is 0 Å². The predicted molar refractivity (Wildman–Crippen MR) is 73.1 cm³/mol. The lowest BCUT2D eigenvalue weighted by atomic mass is 9.99. The molecule has 0 amide bonds. The van der Waals surface area contributed by atoms with Crippen molar-refractivity contribution in [3.05, 3.63) is 0 Å². The number of carbonyl (C=O) groups is 2. The molecule has 0 spiro atoms. The van der Waals surface area contributed by atoms with Crippen LogP contribution in [0.5, 0.6) is 0 Å². The van der Waals surface area contributed by atoms with Crippen LogP contribution in [-0.2, 0) is 19.1 Å². The molecule has 0 aromatic carbocycles. The van der Waals surface area contributed by atoms with E-state index in [-0.39, 0.29) is 0 Å². The van der Waals surface area contributed by atoms with Gasteiger partial charge in [-0.15, -0.1) is 0 Å². The normalized spacial score (nSPS) is 46.0. The van der Waals surface area contributed by atoms with Crippen LogP contribution in [0, 0.1) is 0 Å². The van der Waals surface area contributed by atoms with Crippen LogP contribution in [0.1, 0.15) is 0 Å². The highest BCUT2D eigenvalue weighted by molar-refractivity contribution is 5.73. The topological polar surface area (TPSA) is 255 Å². The van der Waals surface area contributed by atoms with Gasteiger partial charge in [-0.2, -0.15) is 0 Å². The van der Waals surface area contributed by atoms with E-state index in [1.54, 1.807) is 0 Å². The van der Waals surface area contributed by atoms with Gasteiger partial charge in [-0.3, -0.25) is 0 Å². The second-order valence-corrected chi connectivity index (χ2v) is 5.51. The Hall–Kier alpha value is -1.46. The first-order valence-corrected chi connectivity index (χ1v) is 7.11. The highest BCUT2D eigenvalue weighted by Gasteiger charge is 2.47. The summed E-state index contributed by atoms with van der Waals surface area (Å²) in [7, 11) is 0. The van der Waals surface area contributed by atoms with Crippen molar-refractivity contribution in [2.24, 2.45) is 0 Å². The van der Waals surface area contributed by atoms with E-state index < -0.39 is 73.4 Å². The standard InChI is InChI=1S/2C6H10O7/c2*7-1-2(8)4(5(10)11)13-6(12)3(1)9/h2*1-4,6-9,12H,(H,10,11)/t2*1-,2+,3?,4?,6-/m11/s1. The second kappa shape index (κ2) is 8.96. The summed E-state index contributed by atoms with van der Waals surface area (Å²) in [6.45, 7) is 0. The smallest absolute Gasteiger partial charge is 0.335 e. The van der Waals surface area contributed by atoms with Crippen molar-refractivity contribution >= 4 is 11.9 Å². The van der Waals surface area contributed by atoms with Gasteiger partial charge >= 0.3 is 11.9 Å². The third-order valence-corrected chi connectivity index (χ3v) is 3.66. The summed E-state index contributed by atoms with van der Waals surface area (Å²) in [5.41, 5.74) is 0. The van der Waals surface area contributed by atoms with Gasteiger partial charge < -0.3 is 60.5 Å². The fourth-order valence-corrected chi connectivity index (χ4v) is 2.13. The van der Waals surface area contributed by atoms with E-state index in [4.69, 9.17) is 51.1 Å². The largest absolute Gasteiger partial charge is 0.479 e. The van der Waals surface area contributed by atoms with Crippen molar-refractivity contribution < 1.29 is 70.1 Å². The summed E-state index contributed by atoms with van der Waals surface area (Å²) in [5.74, 6) is -3.03. The van der Waals surface area contributed by atoms with Crippen molar-refractivity contribution in [1.82, 2.24) is 0 Å². The van der Waals surface area contributed by atoms with Gasteiger partial charge in [0.1, 0.15) is 36.6 Å². The van der Waals surface area contributed by atoms with Crippen LogP contribution >= 0.6 is 0 Å². The lowest BCUT2D eigenvalue weighted by molar-refractivity contribution is -0.279. The Labute approximate surface area is 144 Å². The first-order valence-electron chi connectivity index (χ1n) is 7.11. The molecule has 10 N–H and O–H groups in total. The molecule has 0 radical (unpaired) electrons. The van der Waals surface area contributed by atoms with Crippen molar-refractivity contribution in [3.8, 4) is 0 Å². The van der Waals surface area contributed by atoms with Gasteiger partial charge in [0.15, 0.2) is 24.8 Å². The van der Waals surface area contributed by atoms with Gasteiger partial charge in [-0.05, 0) is 0 Å². The number of carboxylic acid groups (broad SMARTS) is 2. The number of hydrogen-bond acceptors (Lipinski definition) is 12. The first-order chi connectivity index (χ1) is 11.9. The maximum Gasteiger partial charge on any atom is 0.335 e. The number of aliphatic hydroxyl groups is 8. The van der Waals surface area contributed by atoms with E-state index in [9.17, 15) is 9.59 Å². The first kappa shape index (κ1) is 22.6. The maximum atomic E-state index is 10.4. The molecule has 4 unspecified atom stereocenters. The summed E-state index contributed by atoms with van der Waals surface area (Å²) < 4.78 is 8.68. The Kier molecular flexibility index (Phi) is 7.78. The molecule has 2 aliphatic heterocycles.